The van der Waals surface area contributed by atoms with Crippen molar-refractivity contribution < 1.29 is 4.74 Å². The molecule has 0 fully saturated rings. The Bertz CT molecular complexity index is 1870. The van der Waals surface area contributed by atoms with Gasteiger partial charge in [-0.2, -0.15) is 15.6 Å². The average molecular weight is 665 g/mol. The van der Waals surface area contributed by atoms with Gasteiger partial charge in [-0.3, -0.25) is 0 Å². The quantitative estimate of drug-likeness (QED) is 0.124. The van der Waals surface area contributed by atoms with Crippen molar-refractivity contribution in [1.29, 1.82) is 10.5 Å². The normalized spacial score (nSPS) is 11.9. The van der Waals surface area contributed by atoms with E-state index in [0.717, 1.165) is 35.4 Å². The second-order valence-electron chi connectivity index (χ2n) is 13.6. The van der Waals surface area contributed by atoms with E-state index in [1.54, 1.807) is 11.0 Å². The molecular weight excluding hydrogens is 617 g/mol. The summed E-state index contributed by atoms with van der Waals surface area (Å²) in [7, 11) is 4.11. The highest BCUT2D eigenvalue weighted by molar-refractivity contribution is 5.98. The van der Waals surface area contributed by atoms with E-state index in [9.17, 15) is 10.5 Å². The standard InChI is InChI=1S/C26H29NO.C17H19N5/c1-4-25(21-11-7-5-8-12-21)26(22-13-9-6-10-14-22)23-15-17-24(18-16-23)28-20-19-27(2)3;1-16(2,9-18)14-5-13(8-22-12-20-11-21-22)6-15(7-14)17(3,4)10-19/h5-18H,4,19-20H2,1-3H3;5-7,11-12H,8H2,1-4H3/b26-25-;. The van der Waals surface area contributed by atoms with Gasteiger partial charge in [0.15, 0.2) is 0 Å². The maximum atomic E-state index is 9.40. The van der Waals surface area contributed by atoms with Crippen molar-refractivity contribution in [3.63, 3.8) is 0 Å². The average Bonchev–Trinajstić information content (AvgIpc) is 3.64. The highest BCUT2D eigenvalue weighted by Crippen LogP contribution is 2.35. The molecular formula is C43H48N6O. The van der Waals surface area contributed by atoms with Crippen LogP contribution in [-0.2, 0) is 17.4 Å². The molecule has 7 nitrogen and oxygen atoms in total. The summed E-state index contributed by atoms with van der Waals surface area (Å²) >= 11 is 0. The third-order valence-corrected chi connectivity index (χ3v) is 8.60. The maximum absolute atomic E-state index is 9.40. The molecule has 0 amide bonds. The Hall–Kier alpha value is -5.50. The van der Waals surface area contributed by atoms with Crippen LogP contribution in [0.15, 0.2) is 116 Å². The Morgan fingerprint density at radius 2 is 1.30 bits per heavy atom. The molecule has 0 N–H and O–H groups in total. The van der Waals surface area contributed by atoms with Gasteiger partial charge in [-0.15, -0.1) is 0 Å². The zero-order valence-electron chi connectivity index (χ0n) is 30.4. The zero-order valence-corrected chi connectivity index (χ0v) is 30.4. The zero-order chi connectivity index (χ0) is 36.1. The summed E-state index contributed by atoms with van der Waals surface area (Å²) in [4.78, 5) is 6.06. The number of rotatable bonds is 12. The molecule has 0 atom stereocenters. The number of allylic oxidation sites excluding steroid dienone is 1. The number of nitriles is 2. The number of hydrogen-bond acceptors (Lipinski definition) is 6. The van der Waals surface area contributed by atoms with Gasteiger partial charge in [0.1, 0.15) is 25.0 Å². The lowest BCUT2D eigenvalue weighted by Gasteiger charge is -2.23. The van der Waals surface area contributed by atoms with Crippen molar-refractivity contribution in [2.45, 2.75) is 58.4 Å². The second-order valence-corrected chi connectivity index (χ2v) is 13.6. The Labute approximate surface area is 298 Å². The highest BCUT2D eigenvalue weighted by Gasteiger charge is 2.26. The molecule has 0 aliphatic carbocycles. The number of likely N-dealkylation sites (N-methyl/N-ethyl adjacent to an activating group) is 1. The molecule has 4 aromatic carbocycles. The summed E-state index contributed by atoms with van der Waals surface area (Å²) in [6, 6.07) is 40.4. The van der Waals surface area contributed by atoms with Gasteiger partial charge in [-0.25, -0.2) is 9.67 Å². The van der Waals surface area contributed by atoms with E-state index in [-0.39, 0.29) is 0 Å². The molecule has 0 saturated heterocycles. The lowest BCUT2D eigenvalue weighted by Crippen LogP contribution is -2.20. The minimum absolute atomic E-state index is 0.559. The molecule has 1 aromatic heterocycles. The summed E-state index contributed by atoms with van der Waals surface area (Å²) in [5.74, 6) is 0.913. The van der Waals surface area contributed by atoms with Gasteiger partial charge >= 0.3 is 0 Å². The molecule has 5 aromatic rings. The molecule has 0 unspecified atom stereocenters. The van der Waals surface area contributed by atoms with Gasteiger partial charge in [0, 0.05) is 6.54 Å². The monoisotopic (exact) mass is 664 g/mol. The van der Waals surface area contributed by atoms with E-state index in [4.69, 9.17) is 4.74 Å². The molecule has 0 radical (unpaired) electrons. The van der Waals surface area contributed by atoms with Crippen molar-refractivity contribution in [1.82, 2.24) is 19.7 Å². The lowest BCUT2D eigenvalue weighted by molar-refractivity contribution is 0.261. The molecule has 0 spiro atoms. The summed E-state index contributed by atoms with van der Waals surface area (Å²) in [6.07, 6.45) is 4.11. The van der Waals surface area contributed by atoms with Crippen molar-refractivity contribution in [2.75, 3.05) is 27.2 Å². The van der Waals surface area contributed by atoms with Crippen LogP contribution in [-0.4, -0.2) is 46.9 Å². The second kappa shape index (κ2) is 17.2. The summed E-state index contributed by atoms with van der Waals surface area (Å²) in [6.45, 7) is 11.9. The Balaban J connectivity index is 0.000000232. The topological polar surface area (TPSA) is 90.8 Å². The van der Waals surface area contributed by atoms with Gasteiger partial charge in [0.25, 0.3) is 0 Å². The van der Waals surface area contributed by atoms with Crippen molar-refractivity contribution in [3.05, 3.63) is 149 Å². The van der Waals surface area contributed by atoms with E-state index in [0.29, 0.717) is 13.2 Å². The summed E-state index contributed by atoms with van der Waals surface area (Å²) in [5, 5.41) is 22.9. The third kappa shape index (κ3) is 10.0. The van der Waals surface area contributed by atoms with Crippen LogP contribution in [0.5, 0.6) is 5.75 Å². The Morgan fingerprint density at radius 1 is 0.760 bits per heavy atom. The fourth-order valence-corrected chi connectivity index (χ4v) is 5.48. The summed E-state index contributed by atoms with van der Waals surface area (Å²) < 4.78 is 7.59. The smallest absolute Gasteiger partial charge is 0.137 e. The van der Waals surface area contributed by atoms with Gasteiger partial charge in [0.2, 0.25) is 0 Å². The molecule has 1 heterocycles. The summed E-state index contributed by atoms with van der Waals surface area (Å²) in [5.41, 5.74) is 7.97. The van der Waals surface area contributed by atoms with Crippen LogP contribution < -0.4 is 4.74 Å². The number of aromatic nitrogens is 3. The lowest BCUT2D eigenvalue weighted by atomic mass is 9.79. The molecule has 0 aliphatic heterocycles. The Morgan fingerprint density at radius 3 is 1.78 bits per heavy atom. The van der Waals surface area contributed by atoms with Crippen LogP contribution in [0.3, 0.4) is 0 Å². The molecule has 0 bridgehead atoms. The molecule has 50 heavy (non-hydrogen) atoms. The predicted molar refractivity (Wildman–Crippen MR) is 202 cm³/mol. The van der Waals surface area contributed by atoms with Crippen LogP contribution in [0.1, 0.15) is 74.4 Å². The fourth-order valence-electron chi connectivity index (χ4n) is 5.48. The largest absolute Gasteiger partial charge is 0.492 e. The number of hydrogen-bond donors (Lipinski definition) is 0. The molecule has 7 heteroatoms. The Kier molecular flexibility index (Phi) is 12.9. The van der Waals surface area contributed by atoms with Crippen LogP contribution in [0.4, 0.5) is 0 Å². The highest BCUT2D eigenvalue weighted by atomic mass is 16.5. The minimum Gasteiger partial charge on any atom is -0.492 e. The predicted octanol–water partition coefficient (Wildman–Crippen LogP) is 8.92. The third-order valence-electron chi connectivity index (χ3n) is 8.60. The first-order valence-corrected chi connectivity index (χ1v) is 17.0. The number of ether oxygens (including phenoxy) is 1. The van der Waals surface area contributed by atoms with Crippen LogP contribution >= 0.6 is 0 Å². The molecule has 256 valence electrons. The first-order valence-electron chi connectivity index (χ1n) is 17.0. The van der Waals surface area contributed by atoms with Crippen LogP contribution in [0, 0.1) is 22.7 Å². The molecule has 0 saturated carbocycles. The maximum Gasteiger partial charge on any atom is 0.137 e. The van der Waals surface area contributed by atoms with E-state index in [1.165, 1.54) is 34.2 Å². The van der Waals surface area contributed by atoms with E-state index in [1.807, 2.05) is 45.9 Å². The van der Waals surface area contributed by atoms with Crippen LogP contribution in [0.2, 0.25) is 0 Å². The van der Waals surface area contributed by atoms with Gasteiger partial charge in [-0.1, -0.05) is 97.9 Å². The molecule has 5 rings (SSSR count). The van der Waals surface area contributed by atoms with Crippen molar-refractivity contribution >= 4 is 11.1 Å². The van der Waals surface area contributed by atoms with Crippen molar-refractivity contribution in [2.24, 2.45) is 0 Å². The van der Waals surface area contributed by atoms with Gasteiger partial charge in [-0.05, 0) is 105 Å². The SMILES string of the molecule is CC(C)(C#N)c1cc(Cn2cncn2)cc(C(C)(C)C#N)c1.CC/C(=C(\c1ccccc1)c1ccc(OCCN(C)C)cc1)c1ccccc1. The first kappa shape index (κ1) is 37.3. The van der Waals surface area contributed by atoms with Crippen molar-refractivity contribution in [3.8, 4) is 17.9 Å². The number of nitrogens with zero attached hydrogens (tertiary/aromatic N) is 6. The first-order chi connectivity index (χ1) is 24.0. The van der Waals surface area contributed by atoms with E-state index in [2.05, 4.69) is 133 Å². The van der Waals surface area contributed by atoms with Gasteiger partial charge in [0.05, 0.1) is 29.5 Å². The number of benzene rings is 4. The molecule has 0 aliphatic rings. The van der Waals surface area contributed by atoms with Crippen LogP contribution in [0.25, 0.3) is 11.1 Å². The van der Waals surface area contributed by atoms with E-state index < -0.39 is 10.8 Å². The van der Waals surface area contributed by atoms with Gasteiger partial charge < -0.3 is 9.64 Å². The van der Waals surface area contributed by atoms with E-state index >= 15 is 0 Å². The minimum atomic E-state index is -0.612. The fraction of sp³-hybridized carbons (Fsp3) is 0.302.